The fourth-order valence-electron chi connectivity index (χ4n) is 2.78. The Balaban J connectivity index is 1.91. The molecule has 1 aromatic rings. The van der Waals surface area contributed by atoms with Gasteiger partial charge in [-0.15, -0.1) is 0 Å². The fourth-order valence-corrected chi connectivity index (χ4v) is 2.97. The Bertz CT molecular complexity index is 436. The Morgan fingerprint density at radius 3 is 3.00 bits per heavy atom. The summed E-state index contributed by atoms with van der Waals surface area (Å²) in [5, 5.41) is 3.72. The van der Waals surface area contributed by atoms with Crippen molar-refractivity contribution in [2.24, 2.45) is 5.92 Å². The molecule has 1 unspecified atom stereocenters. The van der Waals surface area contributed by atoms with E-state index in [1.54, 1.807) is 6.07 Å². The number of nitrogens with one attached hydrogen (secondary N) is 1. The van der Waals surface area contributed by atoms with Crippen LogP contribution in [0.4, 0.5) is 4.39 Å². The Labute approximate surface area is 126 Å². The topological polar surface area (TPSA) is 15.3 Å². The number of nitrogens with zero attached hydrogens (tertiary/aromatic N) is 1. The third kappa shape index (κ3) is 4.44. The Morgan fingerprint density at radius 2 is 2.25 bits per heavy atom. The molecule has 20 heavy (non-hydrogen) atoms. The van der Waals surface area contributed by atoms with E-state index >= 15 is 0 Å². The van der Waals surface area contributed by atoms with E-state index in [-0.39, 0.29) is 10.8 Å². The van der Waals surface area contributed by atoms with E-state index in [2.05, 4.69) is 24.1 Å². The van der Waals surface area contributed by atoms with Crippen molar-refractivity contribution in [3.8, 4) is 0 Å². The van der Waals surface area contributed by atoms with Crippen LogP contribution in [0.25, 0.3) is 0 Å². The van der Waals surface area contributed by atoms with E-state index in [4.69, 9.17) is 11.6 Å². The molecule has 1 heterocycles. The molecule has 1 atom stereocenters. The Morgan fingerprint density at radius 1 is 1.45 bits per heavy atom. The number of piperidine rings is 1. The minimum atomic E-state index is -0.267. The van der Waals surface area contributed by atoms with Crippen LogP contribution in [-0.2, 0) is 6.54 Å². The zero-order chi connectivity index (χ0) is 14.5. The second kappa shape index (κ2) is 7.39. The lowest BCUT2D eigenvalue weighted by molar-refractivity contribution is 0.162. The number of rotatable bonds is 5. The predicted octanol–water partition coefficient (Wildman–Crippen LogP) is 3.69. The van der Waals surface area contributed by atoms with E-state index in [0.717, 1.165) is 19.6 Å². The van der Waals surface area contributed by atoms with Crippen LogP contribution in [0.2, 0.25) is 5.02 Å². The average molecular weight is 299 g/mol. The maximum absolute atomic E-state index is 13.9. The number of likely N-dealkylation sites (tertiary alicyclic amines) is 1. The summed E-state index contributed by atoms with van der Waals surface area (Å²) < 4.78 is 13.9. The van der Waals surface area contributed by atoms with Gasteiger partial charge in [-0.3, -0.25) is 4.90 Å². The first-order chi connectivity index (χ1) is 9.56. The highest BCUT2D eigenvalue weighted by molar-refractivity contribution is 6.30. The van der Waals surface area contributed by atoms with Gasteiger partial charge >= 0.3 is 0 Å². The molecule has 4 heteroatoms. The minimum Gasteiger partial charge on any atom is -0.314 e. The largest absolute Gasteiger partial charge is 0.314 e. The number of benzene rings is 1. The van der Waals surface area contributed by atoms with Crippen LogP contribution >= 0.6 is 11.6 Å². The van der Waals surface area contributed by atoms with Crippen LogP contribution in [0, 0.1) is 11.7 Å². The van der Waals surface area contributed by atoms with Gasteiger partial charge < -0.3 is 5.32 Å². The van der Waals surface area contributed by atoms with Gasteiger partial charge in [0.1, 0.15) is 5.82 Å². The molecule has 2 nitrogen and oxygen atoms in total. The van der Waals surface area contributed by atoms with Gasteiger partial charge in [0.2, 0.25) is 0 Å². The highest BCUT2D eigenvalue weighted by Gasteiger charge is 2.21. The van der Waals surface area contributed by atoms with E-state index in [1.165, 1.54) is 12.8 Å². The zero-order valence-electron chi connectivity index (χ0n) is 12.3. The molecule has 1 saturated heterocycles. The van der Waals surface area contributed by atoms with Gasteiger partial charge in [0, 0.05) is 24.7 Å². The molecule has 0 amide bonds. The van der Waals surface area contributed by atoms with Crippen molar-refractivity contribution in [3.05, 3.63) is 34.6 Å². The van der Waals surface area contributed by atoms with Gasteiger partial charge in [-0.1, -0.05) is 37.6 Å². The first-order valence-corrected chi connectivity index (χ1v) is 7.82. The summed E-state index contributed by atoms with van der Waals surface area (Å²) in [5.41, 5.74) is 0.704. The minimum absolute atomic E-state index is 0.220. The number of hydrogen-bond donors (Lipinski definition) is 1. The standard InChI is InChI=1S/C16H24ClFN2/c1-12(2)19-9-13-5-4-8-20(10-13)11-14-6-3-7-15(17)16(14)18/h3,6-7,12-13,19H,4-5,8-11H2,1-2H3. The molecule has 1 aliphatic rings. The molecule has 0 aromatic heterocycles. The maximum atomic E-state index is 13.9. The van der Waals surface area contributed by atoms with E-state index < -0.39 is 0 Å². The van der Waals surface area contributed by atoms with Crippen LogP contribution in [0.15, 0.2) is 18.2 Å². The lowest BCUT2D eigenvalue weighted by Gasteiger charge is -2.33. The summed E-state index contributed by atoms with van der Waals surface area (Å²) in [5.74, 6) is 0.394. The van der Waals surface area contributed by atoms with Crippen molar-refractivity contribution < 1.29 is 4.39 Å². The van der Waals surface area contributed by atoms with E-state index in [0.29, 0.717) is 24.1 Å². The summed E-state index contributed by atoms with van der Waals surface area (Å²) in [6.45, 7) is 8.12. The molecule has 0 radical (unpaired) electrons. The summed E-state index contributed by atoms with van der Waals surface area (Å²) >= 11 is 5.84. The summed E-state index contributed by atoms with van der Waals surface area (Å²) in [6, 6.07) is 5.78. The lowest BCUT2D eigenvalue weighted by atomic mass is 9.97. The molecule has 1 N–H and O–H groups in total. The van der Waals surface area contributed by atoms with E-state index in [9.17, 15) is 4.39 Å². The van der Waals surface area contributed by atoms with Gasteiger partial charge in [0.05, 0.1) is 5.02 Å². The fraction of sp³-hybridized carbons (Fsp3) is 0.625. The predicted molar refractivity (Wildman–Crippen MR) is 82.5 cm³/mol. The van der Waals surface area contributed by atoms with Crippen LogP contribution in [0.3, 0.4) is 0 Å². The summed E-state index contributed by atoms with van der Waals surface area (Å²) in [4.78, 5) is 2.34. The van der Waals surface area contributed by atoms with Gasteiger partial charge in [0.25, 0.3) is 0 Å². The molecule has 1 fully saturated rings. The van der Waals surface area contributed by atoms with Crippen LogP contribution in [0.1, 0.15) is 32.3 Å². The smallest absolute Gasteiger partial charge is 0.146 e. The molecule has 1 aliphatic heterocycles. The van der Waals surface area contributed by atoms with Gasteiger partial charge in [0.15, 0.2) is 0 Å². The van der Waals surface area contributed by atoms with Crippen molar-refractivity contribution in [3.63, 3.8) is 0 Å². The second-order valence-corrected chi connectivity index (χ2v) is 6.43. The lowest BCUT2D eigenvalue weighted by Crippen LogP contribution is -2.40. The SMILES string of the molecule is CC(C)NCC1CCCN(Cc2cccc(Cl)c2F)C1. The maximum Gasteiger partial charge on any atom is 0.146 e. The first-order valence-electron chi connectivity index (χ1n) is 7.45. The van der Waals surface area contributed by atoms with Crippen molar-refractivity contribution in [2.45, 2.75) is 39.3 Å². The average Bonchev–Trinajstić information content (AvgIpc) is 2.42. The van der Waals surface area contributed by atoms with E-state index in [1.807, 2.05) is 12.1 Å². The quantitative estimate of drug-likeness (QED) is 0.892. The molecular weight excluding hydrogens is 275 g/mol. The number of halogens is 2. The highest BCUT2D eigenvalue weighted by atomic mass is 35.5. The highest BCUT2D eigenvalue weighted by Crippen LogP contribution is 2.22. The third-order valence-electron chi connectivity index (χ3n) is 3.84. The van der Waals surface area contributed by atoms with Gasteiger partial charge in [-0.05, 0) is 37.9 Å². The number of hydrogen-bond acceptors (Lipinski definition) is 2. The molecule has 0 aliphatic carbocycles. The summed E-state index contributed by atoms with van der Waals surface area (Å²) in [6.07, 6.45) is 2.45. The van der Waals surface area contributed by atoms with Gasteiger partial charge in [-0.2, -0.15) is 0 Å². The molecular formula is C16H24ClFN2. The Kier molecular flexibility index (Phi) is 5.82. The van der Waals surface area contributed by atoms with Gasteiger partial charge in [-0.25, -0.2) is 4.39 Å². The molecule has 0 spiro atoms. The monoisotopic (exact) mass is 298 g/mol. The third-order valence-corrected chi connectivity index (χ3v) is 4.14. The first kappa shape index (κ1) is 15.7. The normalized spacial score (nSPS) is 20.6. The van der Waals surface area contributed by atoms with Crippen molar-refractivity contribution in [1.82, 2.24) is 10.2 Å². The van der Waals surface area contributed by atoms with Crippen LogP contribution < -0.4 is 5.32 Å². The zero-order valence-corrected chi connectivity index (χ0v) is 13.1. The van der Waals surface area contributed by atoms with Crippen LogP contribution in [0.5, 0.6) is 0 Å². The van der Waals surface area contributed by atoms with Crippen molar-refractivity contribution in [2.75, 3.05) is 19.6 Å². The molecule has 2 rings (SSSR count). The molecule has 1 aromatic carbocycles. The summed E-state index contributed by atoms with van der Waals surface area (Å²) in [7, 11) is 0. The molecule has 0 saturated carbocycles. The second-order valence-electron chi connectivity index (χ2n) is 6.02. The van der Waals surface area contributed by atoms with Crippen molar-refractivity contribution in [1.29, 1.82) is 0 Å². The van der Waals surface area contributed by atoms with Crippen molar-refractivity contribution >= 4 is 11.6 Å². The van der Waals surface area contributed by atoms with Crippen LogP contribution in [-0.4, -0.2) is 30.6 Å². The Hall–Kier alpha value is -0.640. The molecule has 0 bridgehead atoms. The molecule has 112 valence electrons.